The largest absolute Gasteiger partial charge is 0.334 e. The van der Waals surface area contributed by atoms with E-state index in [1.807, 2.05) is 24.9 Å². The number of hydrogen-bond donors (Lipinski definition) is 1. The molecule has 6 nitrogen and oxygen atoms in total. The van der Waals surface area contributed by atoms with E-state index in [4.69, 9.17) is 0 Å². The summed E-state index contributed by atoms with van der Waals surface area (Å²) in [4.78, 5) is 18.7. The van der Waals surface area contributed by atoms with Gasteiger partial charge in [-0.25, -0.2) is 4.79 Å². The average Bonchev–Trinajstić information content (AvgIpc) is 3.18. The summed E-state index contributed by atoms with van der Waals surface area (Å²) in [7, 11) is 1.82. The zero-order valence-corrected chi connectivity index (χ0v) is 16.5. The minimum absolute atomic E-state index is 0.0819. The van der Waals surface area contributed by atoms with Crippen LogP contribution >= 0.6 is 0 Å². The van der Waals surface area contributed by atoms with Crippen LogP contribution in [-0.2, 0) is 25.9 Å². The molecule has 2 aromatic rings. The van der Waals surface area contributed by atoms with Gasteiger partial charge < -0.3 is 10.2 Å². The quantitative estimate of drug-likeness (QED) is 0.895. The second-order valence-corrected chi connectivity index (χ2v) is 7.51. The molecule has 26 heavy (non-hydrogen) atoms. The first-order valence-electron chi connectivity index (χ1n) is 9.37. The maximum Gasteiger partial charge on any atom is 0.317 e. The Morgan fingerprint density at radius 2 is 2.12 bits per heavy atom. The van der Waals surface area contributed by atoms with Gasteiger partial charge in [0.15, 0.2) is 0 Å². The molecule has 0 bridgehead atoms. The van der Waals surface area contributed by atoms with E-state index in [0.29, 0.717) is 19.1 Å². The normalized spacial score (nSPS) is 13.2. The van der Waals surface area contributed by atoms with Crippen LogP contribution in [0.4, 0.5) is 4.79 Å². The van der Waals surface area contributed by atoms with Crippen molar-refractivity contribution in [1.82, 2.24) is 25.0 Å². The monoisotopic (exact) mass is 355 g/mol. The van der Waals surface area contributed by atoms with Crippen molar-refractivity contribution in [2.45, 2.75) is 66.1 Å². The number of nitrogens with one attached hydrogen (secondary N) is 1. The van der Waals surface area contributed by atoms with Crippen LogP contribution in [0, 0.1) is 13.8 Å². The lowest BCUT2D eigenvalue weighted by Gasteiger charge is -2.19. The lowest BCUT2D eigenvalue weighted by atomic mass is 10.1. The minimum Gasteiger partial charge on any atom is -0.334 e. The molecule has 1 aliphatic carbocycles. The van der Waals surface area contributed by atoms with Crippen molar-refractivity contribution in [3.05, 3.63) is 46.0 Å². The van der Waals surface area contributed by atoms with Gasteiger partial charge in [-0.2, -0.15) is 5.10 Å². The Bertz CT molecular complexity index is 809. The summed E-state index contributed by atoms with van der Waals surface area (Å²) in [5.74, 6) is 0. The van der Waals surface area contributed by atoms with Crippen molar-refractivity contribution in [3.8, 4) is 0 Å². The van der Waals surface area contributed by atoms with Crippen LogP contribution < -0.4 is 5.32 Å². The van der Waals surface area contributed by atoms with Gasteiger partial charge in [0.2, 0.25) is 0 Å². The molecule has 6 heteroatoms. The van der Waals surface area contributed by atoms with Crippen LogP contribution in [0.25, 0.3) is 0 Å². The SMILES string of the molecule is Cc1nn(C(C)C)c(C)c1CN(C)C(=O)NCc1cnc2c(c1)CCC2. The van der Waals surface area contributed by atoms with Gasteiger partial charge in [0.25, 0.3) is 0 Å². The Morgan fingerprint density at radius 1 is 1.35 bits per heavy atom. The maximum atomic E-state index is 12.5. The average molecular weight is 355 g/mol. The number of urea groups is 1. The third kappa shape index (κ3) is 3.74. The van der Waals surface area contributed by atoms with Crippen LogP contribution in [0.15, 0.2) is 12.3 Å². The third-order valence-electron chi connectivity index (χ3n) is 5.13. The second-order valence-electron chi connectivity index (χ2n) is 7.51. The minimum atomic E-state index is -0.0819. The molecule has 0 unspecified atom stereocenters. The number of aryl methyl sites for hydroxylation is 3. The number of fused-ring (bicyclic) bond motifs is 1. The zero-order valence-electron chi connectivity index (χ0n) is 16.5. The molecule has 1 aliphatic rings. The van der Waals surface area contributed by atoms with Gasteiger partial charge in [0.05, 0.1) is 12.2 Å². The van der Waals surface area contributed by atoms with Crippen molar-refractivity contribution in [2.24, 2.45) is 0 Å². The smallest absolute Gasteiger partial charge is 0.317 e. The van der Waals surface area contributed by atoms with E-state index in [0.717, 1.165) is 35.4 Å². The Kier molecular flexibility index (Phi) is 5.30. The lowest BCUT2D eigenvalue weighted by molar-refractivity contribution is 0.206. The van der Waals surface area contributed by atoms with E-state index in [9.17, 15) is 4.79 Å². The highest BCUT2D eigenvalue weighted by Gasteiger charge is 2.18. The predicted octanol–water partition coefficient (Wildman–Crippen LogP) is 3.31. The van der Waals surface area contributed by atoms with E-state index >= 15 is 0 Å². The van der Waals surface area contributed by atoms with Crippen LogP contribution in [0.1, 0.15) is 60.1 Å². The Balaban J connectivity index is 1.60. The number of carbonyl (C=O) groups excluding carboxylic acids is 1. The number of amides is 2. The van der Waals surface area contributed by atoms with Gasteiger partial charge in [0, 0.05) is 42.8 Å². The molecule has 140 valence electrons. The fourth-order valence-electron chi connectivity index (χ4n) is 3.62. The molecule has 0 atom stereocenters. The maximum absolute atomic E-state index is 12.5. The first-order chi connectivity index (χ1) is 12.4. The fraction of sp³-hybridized carbons (Fsp3) is 0.550. The van der Waals surface area contributed by atoms with E-state index in [-0.39, 0.29) is 6.03 Å². The van der Waals surface area contributed by atoms with Gasteiger partial charge in [0.1, 0.15) is 0 Å². The summed E-state index contributed by atoms with van der Waals surface area (Å²) in [6.07, 6.45) is 5.24. The van der Waals surface area contributed by atoms with Crippen molar-refractivity contribution < 1.29 is 4.79 Å². The Labute approximate surface area is 155 Å². The van der Waals surface area contributed by atoms with Crippen LogP contribution in [0.3, 0.4) is 0 Å². The molecule has 0 aromatic carbocycles. The standard InChI is InChI=1S/C20H29N5O/c1-13(2)25-15(4)18(14(3)23-25)12-24(5)20(26)22-11-16-9-17-7-6-8-19(17)21-10-16/h9-10,13H,6-8,11-12H2,1-5H3,(H,22,26). The summed E-state index contributed by atoms with van der Waals surface area (Å²) in [6, 6.07) is 2.41. The van der Waals surface area contributed by atoms with Crippen LogP contribution in [0.5, 0.6) is 0 Å². The van der Waals surface area contributed by atoms with Gasteiger partial charge >= 0.3 is 6.03 Å². The molecular formula is C20H29N5O. The summed E-state index contributed by atoms with van der Waals surface area (Å²) in [6.45, 7) is 9.36. The van der Waals surface area contributed by atoms with Gasteiger partial charge in [-0.3, -0.25) is 9.67 Å². The van der Waals surface area contributed by atoms with E-state index in [1.165, 1.54) is 17.7 Å². The molecule has 0 saturated carbocycles. The van der Waals surface area contributed by atoms with Crippen molar-refractivity contribution in [3.63, 3.8) is 0 Å². The van der Waals surface area contributed by atoms with E-state index < -0.39 is 0 Å². The molecular weight excluding hydrogens is 326 g/mol. The highest BCUT2D eigenvalue weighted by molar-refractivity contribution is 5.73. The molecule has 0 aliphatic heterocycles. The van der Waals surface area contributed by atoms with Crippen molar-refractivity contribution >= 4 is 6.03 Å². The second kappa shape index (κ2) is 7.48. The Morgan fingerprint density at radius 3 is 2.81 bits per heavy atom. The highest BCUT2D eigenvalue weighted by atomic mass is 16.2. The number of aromatic nitrogens is 3. The first-order valence-corrected chi connectivity index (χ1v) is 9.37. The molecule has 2 amide bonds. The number of pyridine rings is 1. The highest BCUT2D eigenvalue weighted by Crippen LogP contribution is 2.21. The van der Waals surface area contributed by atoms with Gasteiger partial charge in [-0.15, -0.1) is 0 Å². The van der Waals surface area contributed by atoms with E-state index in [2.05, 4.69) is 42.2 Å². The van der Waals surface area contributed by atoms with Crippen molar-refractivity contribution in [2.75, 3.05) is 7.05 Å². The lowest BCUT2D eigenvalue weighted by Crippen LogP contribution is -2.36. The van der Waals surface area contributed by atoms with Gasteiger partial charge in [-0.05, 0) is 58.1 Å². The van der Waals surface area contributed by atoms with Crippen LogP contribution in [0.2, 0.25) is 0 Å². The summed E-state index contributed by atoms with van der Waals surface area (Å²) in [5.41, 5.74) is 6.84. The third-order valence-corrected chi connectivity index (χ3v) is 5.13. The Hall–Kier alpha value is -2.37. The van der Waals surface area contributed by atoms with E-state index in [1.54, 1.807) is 4.90 Å². The van der Waals surface area contributed by atoms with Crippen molar-refractivity contribution in [1.29, 1.82) is 0 Å². The molecule has 3 rings (SSSR count). The predicted molar refractivity (Wildman–Crippen MR) is 102 cm³/mol. The summed E-state index contributed by atoms with van der Waals surface area (Å²) < 4.78 is 2.02. The molecule has 0 fully saturated rings. The summed E-state index contributed by atoms with van der Waals surface area (Å²) in [5, 5.41) is 7.60. The molecule has 1 N–H and O–H groups in total. The fourth-order valence-corrected chi connectivity index (χ4v) is 3.62. The first kappa shape index (κ1) is 18.4. The summed E-state index contributed by atoms with van der Waals surface area (Å²) >= 11 is 0. The molecule has 2 heterocycles. The zero-order chi connectivity index (χ0) is 18.8. The molecule has 2 aromatic heterocycles. The topological polar surface area (TPSA) is 63.1 Å². The van der Waals surface area contributed by atoms with Crippen LogP contribution in [-0.4, -0.2) is 32.7 Å². The number of hydrogen-bond acceptors (Lipinski definition) is 3. The van der Waals surface area contributed by atoms with Gasteiger partial charge in [-0.1, -0.05) is 6.07 Å². The molecule has 0 radical (unpaired) electrons. The number of nitrogens with zero attached hydrogens (tertiary/aromatic N) is 4. The number of rotatable bonds is 5. The molecule has 0 spiro atoms. The molecule has 0 saturated heterocycles. The number of carbonyl (C=O) groups is 1.